The van der Waals surface area contributed by atoms with Crippen molar-refractivity contribution in [2.75, 3.05) is 20.1 Å². The van der Waals surface area contributed by atoms with Gasteiger partial charge in [-0.25, -0.2) is 0 Å². The van der Waals surface area contributed by atoms with Crippen molar-refractivity contribution in [3.8, 4) is 0 Å². The number of halogens is 1. The van der Waals surface area contributed by atoms with E-state index in [1.807, 2.05) is 20.8 Å². The van der Waals surface area contributed by atoms with Crippen LogP contribution < -0.4 is 16.0 Å². The third-order valence-corrected chi connectivity index (χ3v) is 3.74. The van der Waals surface area contributed by atoms with Crippen molar-refractivity contribution >= 4 is 35.8 Å². The van der Waals surface area contributed by atoms with E-state index in [2.05, 4.69) is 59.1 Å². The van der Waals surface area contributed by atoms with Crippen LogP contribution in [0.2, 0.25) is 0 Å². The molecule has 0 aromatic heterocycles. The molecule has 0 radical (unpaired) electrons. The summed E-state index contributed by atoms with van der Waals surface area (Å²) in [5.74, 6) is 1.18. The Kier molecular flexibility index (Phi) is 11.5. The summed E-state index contributed by atoms with van der Waals surface area (Å²) < 4.78 is 0. The molecule has 1 rings (SSSR count). The fourth-order valence-electron chi connectivity index (χ4n) is 2.42. The minimum absolute atomic E-state index is 0. The van der Waals surface area contributed by atoms with E-state index in [4.69, 9.17) is 0 Å². The third-order valence-electron chi connectivity index (χ3n) is 3.74. The molecular weight excluding hydrogens is 439 g/mol. The minimum atomic E-state index is -0.221. The zero-order chi connectivity index (χ0) is 18.9. The fourth-order valence-corrected chi connectivity index (χ4v) is 2.42. The lowest BCUT2D eigenvalue weighted by molar-refractivity contribution is -0.121. The van der Waals surface area contributed by atoms with E-state index in [-0.39, 0.29) is 42.0 Å². The topological polar surface area (TPSA) is 65.5 Å². The van der Waals surface area contributed by atoms with Crippen LogP contribution in [0.4, 0.5) is 0 Å². The first kappa shape index (κ1) is 24.7. The summed E-state index contributed by atoms with van der Waals surface area (Å²) in [6.45, 7) is 11.3. The summed E-state index contributed by atoms with van der Waals surface area (Å²) in [4.78, 5) is 16.0. The standard InChI is InChI=1S/C20H34N4O.HI/c1-15(2)17-11-9-16(10-12-17)8-7-13-22-19(21-6)23-14-18(25)24-20(3,4)5;/h9-12,15H,7-8,13-14H2,1-6H3,(H,24,25)(H2,21,22,23);1H. The molecule has 0 fully saturated rings. The van der Waals surface area contributed by atoms with Crippen molar-refractivity contribution in [3.63, 3.8) is 0 Å². The molecule has 0 spiro atoms. The Morgan fingerprint density at radius 3 is 2.23 bits per heavy atom. The minimum Gasteiger partial charge on any atom is -0.356 e. The van der Waals surface area contributed by atoms with Crippen LogP contribution in [0, 0.1) is 0 Å². The van der Waals surface area contributed by atoms with Gasteiger partial charge in [-0.3, -0.25) is 9.79 Å². The first-order valence-corrected chi connectivity index (χ1v) is 9.05. The summed E-state index contributed by atoms with van der Waals surface area (Å²) in [5.41, 5.74) is 2.50. The van der Waals surface area contributed by atoms with Crippen LogP contribution in [0.1, 0.15) is 58.1 Å². The van der Waals surface area contributed by atoms with Crippen molar-refractivity contribution in [1.29, 1.82) is 0 Å². The second-order valence-electron chi connectivity index (χ2n) is 7.65. The van der Waals surface area contributed by atoms with Crippen LogP contribution in [-0.4, -0.2) is 37.5 Å². The summed E-state index contributed by atoms with van der Waals surface area (Å²) in [6.07, 6.45) is 2.03. The SMILES string of the molecule is CN=C(NCCCc1ccc(C(C)C)cc1)NCC(=O)NC(C)(C)C.I. The predicted octanol–water partition coefficient (Wildman–Crippen LogP) is 3.44. The Morgan fingerprint density at radius 1 is 1.12 bits per heavy atom. The zero-order valence-corrected chi connectivity index (χ0v) is 19.3. The monoisotopic (exact) mass is 474 g/mol. The zero-order valence-electron chi connectivity index (χ0n) is 17.0. The van der Waals surface area contributed by atoms with Crippen molar-refractivity contribution in [2.24, 2.45) is 4.99 Å². The van der Waals surface area contributed by atoms with Gasteiger partial charge in [0, 0.05) is 19.1 Å². The van der Waals surface area contributed by atoms with E-state index in [1.54, 1.807) is 7.05 Å². The number of nitrogens with zero attached hydrogens (tertiary/aromatic N) is 1. The lowest BCUT2D eigenvalue weighted by atomic mass is 10.0. The van der Waals surface area contributed by atoms with Gasteiger partial charge in [0.15, 0.2) is 5.96 Å². The van der Waals surface area contributed by atoms with Gasteiger partial charge in [-0.05, 0) is 50.7 Å². The average molecular weight is 474 g/mol. The summed E-state index contributed by atoms with van der Waals surface area (Å²) in [6, 6.07) is 8.84. The Morgan fingerprint density at radius 2 is 1.73 bits per heavy atom. The number of guanidine groups is 1. The maximum Gasteiger partial charge on any atom is 0.239 e. The molecule has 0 aliphatic rings. The van der Waals surface area contributed by atoms with Gasteiger partial charge in [-0.2, -0.15) is 0 Å². The van der Waals surface area contributed by atoms with E-state index in [1.165, 1.54) is 11.1 Å². The van der Waals surface area contributed by atoms with E-state index in [0.717, 1.165) is 19.4 Å². The molecule has 26 heavy (non-hydrogen) atoms. The van der Waals surface area contributed by atoms with E-state index in [0.29, 0.717) is 11.9 Å². The first-order valence-electron chi connectivity index (χ1n) is 9.05. The Bertz CT molecular complexity index is 562. The highest BCUT2D eigenvalue weighted by molar-refractivity contribution is 14.0. The fraction of sp³-hybridized carbons (Fsp3) is 0.600. The van der Waals surface area contributed by atoms with Crippen LogP contribution >= 0.6 is 24.0 Å². The average Bonchev–Trinajstić information content (AvgIpc) is 2.53. The quantitative estimate of drug-likeness (QED) is 0.246. The lowest BCUT2D eigenvalue weighted by Crippen LogP contribution is -2.48. The number of nitrogens with one attached hydrogen (secondary N) is 3. The lowest BCUT2D eigenvalue weighted by Gasteiger charge is -2.21. The number of benzene rings is 1. The van der Waals surface area contributed by atoms with Crippen LogP contribution in [0.25, 0.3) is 0 Å². The summed E-state index contributed by atoms with van der Waals surface area (Å²) >= 11 is 0. The molecule has 0 heterocycles. The third kappa shape index (κ3) is 10.6. The van der Waals surface area contributed by atoms with Gasteiger partial charge in [0.1, 0.15) is 0 Å². The molecule has 0 bridgehead atoms. The van der Waals surface area contributed by atoms with Gasteiger partial charge < -0.3 is 16.0 Å². The Balaban J connectivity index is 0.00000625. The van der Waals surface area contributed by atoms with Crippen molar-refractivity contribution in [3.05, 3.63) is 35.4 Å². The number of hydrogen-bond donors (Lipinski definition) is 3. The van der Waals surface area contributed by atoms with E-state index < -0.39 is 0 Å². The van der Waals surface area contributed by atoms with Gasteiger partial charge in [-0.15, -0.1) is 24.0 Å². The molecule has 0 aliphatic carbocycles. The summed E-state index contributed by atoms with van der Waals surface area (Å²) in [7, 11) is 1.71. The van der Waals surface area contributed by atoms with Crippen LogP contribution in [-0.2, 0) is 11.2 Å². The van der Waals surface area contributed by atoms with Crippen molar-refractivity contribution < 1.29 is 4.79 Å². The second-order valence-corrected chi connectivity index (χ2v) is 7.65. The Labute approximate surface area is 175 Å². The van der Waals surface area contributed by atoms with Gasteiger partial charge in [-0.1, -0.05) is 38.1 Å². The van der Waals surface area contributed by atoms with Gasteiger partial charge >= 0.3 is 0 Å². The molecule has 148 valence electrons. The van der Waals surface area contributed by atoms with Crippen LogP contribution in [0.3, 0.4) is 0 Å². The molecule has 0 atom stereocenters. The molecule has 1 aromatic carbocycles. The maximum atomic E-state index is 11.8. The molecule has 3 N–H and O–H groups in total. The number of rotatable bonds is 7. The predicted molar refractivity (Wildman–Crippen MR) is 122 cm³/mol. The molecule has 5 nitrogen and oxygen atoms in total. The second kappa shape index (κ2) is 12.1. The number of carbonyl (C=O) groups is 1. The normalized spacial score (nSPS) is 11.7. The molecule has 6 heteroatoms. The highest BCUT2D eigenvalue weighted by Gasteiger charge is 2.13. The molecule has 0 saturated carbocycles. The number of aliphatic imine (C=N–C) groups is 1. The van der Waals surface area contributed by atoms with Crippen LogP contribution in [0.15, 0.2) is 29.3 Å². The molecule has 0 unspecified atom stereocenters. The molecule has 1 aromatic rings. The number of hydrogen-bond acceptors (Lipinski definition) is 2. The maximum absolute atomic E-state index is 11.8. The highest BCUT2D eigenvalue weighted by atomic mass is 127. The van der Waals surface area contributed by atoms with Gasteiger partial charge in [0.05, 0.1) is 6.54 Å². The van der Waals surface area contributed by atoms with Crippen LogP contribution in [0.5, 0.6) is 0 Å². The van der Waals surface area contributed by atoms with Crippen molar-refractivity contribution in [1.82, 2.24) is 16.0 Å². The number of aryl methyl sites for hydroxylation is 1. The largest absolute Gasteiger partial charge is 0.356 e. The molecular formula is C20H35IN4O. The smallest absolute Gasteiger partial charge is 0.239 e. The van der Waals surface area contributed by atoms with E-state index in [9.17, 15) is 4.79 Å². The first-order chi connectivity index (χ1) is 11.7. The number of carbonyl (C=O) groups excluding carboxylic acids is 1. The summed E-state index contributed by atoms with van der Waals surface area (Å²) in [5, 5.41) is 9.20. The molecule has 1 amide bonds. The number of amides is 1. The molecule has 0 aliphatic heterocycles. The Hall–Kier alpha value is -1.31. The highest BCUT2D eigenvalue weighted by Crippen LogP contribution is 2.15. The van der Waals surface area contributed by atoms with Gasteiger partial charge in [0.2, 0.25) is 5.91 Å². The van der Waals surface area contributed by atoms with Crippen molar-refractivity contribution in [2.45, 2.75) is 58.9 Å². The molecule has 0 saturated heterocycles. The van der Waals surface area contributed by atoms with E-state index >= 15 is 0 Å². The van der Waals surface area contributed by atoms with Gasteiger partial charge in [0.25, 0.3) is 0 Å².